The van der Waals surface area contributed by atoms with E-state index in [1.165, 1.54) is 0 Å². The molecule has 34 heavy (non-hydrogen) atoms. The van der Waals surface area contributed by atoms with Crippen molar-refractivity contribution in [2.75, 3.05) is 13.1 Å². The molecule has 0 aliphatic carbocycles. The quantitative estimate of drug-likeness (QED) is 0.430. The minimum Gasteiger partial charge on any atom is -0.482 e. The van der Waals surface area contributed by atoms with Crippen molar-refractivity contribution in [3.05, 3.63) is 54.2 Å². The third-order valence-electron chi connectivity index (χ3n) is 6.40. The standard InChI is InChI=1S/C24H27F2N7O/c1-15-22(30-31-33(15)13-17-6-9-27-10-7-17)18-11-20-23(32(14-29-20)24(25)26)21(12-18)34-16(2)19-5-3-4-8-28-19/h3-5,8,11-12,14,16-17,24,27H,6-7,9-10,13H2,1-2H3/t16-/m1/s1. The van der Waals surface area contributed by atoms with E-state index in [1.807, 2.05) is 36.7 Å². The Morgan fingerprint density at radius 2 is 2.00 bits per heavy atom. The molecule has 5 rings (SSSR count). The van der Waals surface area contributed by atoms with Crippen molar-refractivity contribution in [3.8, 4) is 17.0 Å². The van der Waals surface area contributed by atoms with Gasteiger partial charge in [-0.15, -0.1) is 5.10 Å². The first-order valence-electron chi connectivity index (χ1n) is 11.5. The van der Waals surface area contributed by atoms with Gasteiger partial charge in [0.25, 0.3) is 0 Å². The van der Waals surface area contributed by atoms with Crippen LogP contribution in [0.1, 0.15) is 43.8 Å². The van der Waals surface area contributed by atoms with E-state index in [0.29, 0.717) is 28.6 Å². The van der Waals surface area contributed by atoms with Gasteiger partial charge in [0.1, 0.15) is 29.4 Å². The highest BCUT2D eigenvalue weighted by Gasteiger charge is 2.22. The van der Waals surface area contributed by atoms with Crippen LogP contribution >= 0.6 is 0 Å². The Hall–Kier alpha value is -3.40. The summed E-state index contributed by atoms with van der Waals surface area (Å²) in [5.41, 5.74) is 3.69. The molecule has 1 aromatic carbocycles. The molecule has 0 amide bonds. The lowest BCUT2D eigenvalue weighted by Gasteiger charge is -2.22. The molecule has 1 N–H and O–H groups in total. The molecule has 0 unspecified atom stereocenters. The molecular weight excluding hydrogens is 440 g/mol. The highest BCUT2D eigenvalue weighted by molar-refractivity contribution is 5.87. The summed E-state index contributed by atoms with van der Waals surface area (Å²) in [6.45, 7) is 3.92. The van der Waals surface area contributed by atoms with Crippen molar-refractivity contribution in [2.24, 2.45) is 5.92 Å². The van der Waals surface area contributed by atoms with Crippen LogP contribution < -0.4 is 10.1 Å². The fourth-order valence-electron chi connectivity index (χ4n) is 4.48. The largest absolute Gasteiger partial charge is 0.482 e. The van der Waals surface area contributed by atoms with Gasteiger partial charge < -0.3 is 10.1 Å². The van der Waals surface area contributed by atoms with Crippen LogP contribution in [0.15, 0.2) is 42.9 Å². The first-order valence-corrected chi connectivity index (χ1v) is 11.5. The number of rotatable bonds is 7. The number of alkyl halides is 2. The van der Waals surface area contributed by atoms with Crippen molar-refractivity contribution in [3.63, 3.8) is 0 Å². The number of nitrogens with one attached hydrogen (secondary N) is 1. The molecule has 1 aliphatic rings. The normalized spacial score (nSPS) is 15.8. The predicted molar refractivity (Wildman–Crippen MR) is 124 cm³/mol. The number of piperidine rings is 1. The summed E-state index contributed by atoms with van der Waals surface area (Å²) in [6, 6.07) is 9.03. The van der Waals surface area contributed by atoms with Crippen LogP contribution in [0.2, 0.25) is 0 Å². The maximum Gasteiger partial charge on any atom is 0.320 e. The Bertz CT molecular complexity index is 1270. The van der Waals surface area contributed by atoms with E-state index in [4.69, 9.17) is 4.74 Å². The number of aromatic nitrogens is 6. The highest BCUT2D eigenvalue weighted by atomic mass is 19.3. The van der Waals surface area contributed by atoms with Crippen molar-refractivity contribution in [1.29, 1.82) is 0 Å². The Morgan fingerprint density at radius 3 is 2.74 bits per heavy atom. The zero-order valence-electron chi connectivity index (χ0n) is 19.2. The lowest BCUT2D eigenvalue weighted by atomic mass is 9.98. The monoisotopic (exact) mass is 467 g/mol. The van der Waals surface area contributed by atoms with Gasteiger partial charge in [0.15, 0.2) is 0 Å². The summed E-state index contributed by atoms with van der Waals surface area (Å²) in [5, 5.41) is 12.2. The third kappa shape index (κ3) is 4.37. The van der Waals surface area contributed by atoms with E-state index in [1.54, 1.807) is 18.3 Å². The summed E-state index contributed by atoms with van der Waals surface area (Å²) in [7, 11) is 0. The number of benzene rings is 1. The highest BCUT2D eigenvalue weighted by Crippen LogP contribution is 2.36. The van der Waals surface area contributed by atoms with Gasteiger partial charge in [-0.25, -0.2) is 9.67 Å². The third-order valence-corrected chi connectivity index (χ3v) is 6.40. The number of hydrogen-bond acceptors (Lipinski definition) is 6. The second kappa shape index (κ2) is 9.46. The Kier molecular flexibility index (Phi) is 6.23. The minimum absolute atomic E-state index is 0.237. The van der Waals surface area contributed by atoms with E-state index in [0.717, 1.165) is 54.6 Å². The first-order chi connectivity index (χ1) is 16.5. The Labute approximate surface area is 196 Å². The molecule has 0 saturated carbocycles. The molecule has 1 saturated heterocycles. The molecule has 3 aromatic heterocycles. The van der Waals surface area contributed by atoms with E-state index >= 15 is 0 Å². The van der Waals surface area contributed by atoms with Gasteiger partial charge in [-0.3, -0.25) is 9.55 Å². The van der Waals surface area contributed by atoms with Crippen molar-refractivity contribution < 1.29 is 13.5 Å². The van der Waals surface area contributed by atoms with Gasteiger partial charge >= 0.3 is 6.55 Å². The van der Waals surface area contributed by atoms with Crippen LogP contribution in [-0.2, 0) is 6.54 Å². The first kappa shape index (κ1) is 22.4. The Morgan fingerprint density at radius 1 is 1.18 bits per heavy atom. The zero-order chi connectivity index (χ0) is 23.7. The zero-order valence-corrected chi connectivity index (χ0v) is 19.2. The molecule has 1 fully saturated rings. The molecule has 178 valence electrons. The number of imidazole rings is 1. The number of hydrogen-bond donors (Lipinski definition) is 1. The number of halogens is 2. The average molecular weight is 468 g/mol. The van der Waals surface area contributed by atoms with Gasteiger partial charge in [0.05, 0.1) is 16.9 Å². The van der Waals surface area contributed by atoms with E-state index in [-0.39, 0.29) is 5.52 Å². The topological polar surface area (TPSA) is 82.7 Å². The molecule has 0 spiro atoms. The summed E-state index contributed by atoms with van der Waals surface area (Å²) in [5.74, 6) is 0.854. The van der Waals surface area contributed by atoms with Crippen LogP contribution in [0.3, 0.4) is 0 Å². The van der Waals surface area contributed by atoms with E-state index < -0.39 is 12.7 Å². The SMILES string of the molecule is Cc1c(-c2cc(O[C@H](C)c3ccccn3)c3c(c2)ncn3C(F)F)nnn1CC1CCNCC1. The summed E-state index contributed by atoms with van der Waals surface area (Å²) >= 11 is 0. The lowest BCUT2D eigenvalue weighted by molar-refractivity contribution is 0.0737. The fraction of sp³-hybridized carbons (Fsp3) is 0.417. The van der Waals surface area contributed by atoms with Crippen LogP contribution in [0.4, 0.5) is 8.78 Å². The number of nitrogens with zero attached hydrogens (tertiary/aromatic N) is 6. The van der Waals surface area contributed by atoms with Crippen molar-refractivity contribution >= 4 is 11.0 Å². The van der Waals surface area contributed by atoms with Crippen molar-refractivity contribution in [2.45, 2.75) is 45.9 Å². The average Bonchev–Trinajstić information content (AvgIpc) is 3.44. The van der Waals surface area contributed by atoms with Crippen LogP contribution in [-0.4, -0.2) is 42.6 Å². The maximum atomic E-state index is 13.7. The Balaban J connectivity index is 1.52. The van der Waals surface area contributed by atoms with Gasteiger partial charge in [-0.05, 0) is 70.0 Å². The lowest BCUT2D eigenvalue weighted by Crippen LogP contribution is -2.30. The predicted octanol–water partition coefficient (Wildman–Crippen LogP) is 4.53. The molecule has 0 bridgehead atoms. The molecule has 4 heterocycles. The smallest absolute Gasteiger partial charge is 0.320 e. The maximum absolute atomic E-state index is 13.7. The van der Waals surface area contributed by atoms with Crippen LogP contribution in [0, 0.1) is 12.8 Å². The summed E-state index contributed by atoms with van der Waals surface area (Å²) < 4.78 is 36.3. The van der Waals surface area contributed by atoms with E-state index in [9.17, 15) is 8.78 Å². The number of ether oxygens (including phenoxy) is 1. The van der Waals surface area contributed by atoms with Crippen LogP contribution in [0.5, 0.6) is 5.75 Å². The van der Waals surface area contributed by atoms with Gasteiger partial charge in [0.2, 0.25) is 0 Å². The van der Waals surface area contributed by atoms with Crippen LogP contribution in [0.25, 0.3) is 22.3 Å². The molecule has 1 aliphatic heterocycles. The van der Waals surface area contributed by atoms with Gasteiger partial charge in [0, 0.05) is 18.3 Å². The minimum atomic E-state index is -2.74. The summed E-state index contributed by atoms with van der Waals surface area (Å²) in [6.07, 6.45) is 4.58. The molecule has 10 heteroatoms. The number of fused-ring (bicyclic) bond motifs is 1. The molecule has 4 aromatic rings. The second-order valence-corrected chi connectivity index (χ2v) is 8.69. The molecule has 8 nitrogen and oxygen atoms in total. The second-order valence-electron chi connectivity index (χ2n) is 8.69. The fourth-order valence-corrected chi connectivity index (χ4v) is 4.48. The number of pyridine rings is 1. The molecule has 0 radical (unpaired) electrons. The van der Waals surface area contributed by atoms with Gasteiger partial charge in [-0.2, -0.15) is 8.78 Å². The summed E-state index contributed by atoms with van der Waals surface area (Å²) in [4.78, 5) is 8.55. The van der Waals surface area contributed by atoms with Gasteiger partial charge in [-0.1, -0.05) is 11.3 Å². The van der Waals surface area contributed by atoms with E-state index in [2.05, 4.69) is 25.6 Å². The van der Waals surface area contributed by atoms with Crippen molar-refractivity contribution in [1.82, 2.24) is 34.8 Å². The molecule has 1 atom stereocenters. The molecular formula is C24H27F2N7O.